The van der Waals surface area contributed by atoms with E-state index in [0.29, 0.717) is 35.4 Å². The number of urea groups is 1. The molecule has 1 aliphatic rings. The molecule has 3 aromatic rings. The van der Waals surface area contributed by atoms with E-state index in [0.717, 1.165) is 18.4 Å². The first kappa shape index (κ1) is 14.7. The number of carbonyl (C=O) groups excluding carboxylic acids is 1. The highest BCUT2D eigenvalue weighted by Crippen LogP contribution is 2.31. The first-order chi connectivity index (χ1) is 11.6. The van der Waals surface area contributed by atoms with Crippen molar-refractivity contribution < 1.29 is 13.7 Å². The quantitative estimate of drug-likeness (QED) is 0.776. The van der Waals surface area contributed by atoms with Crippen LogP contribution in [-0.2, 0) is 0 Å². The van der Waals surface area contributed by atoms with Gasteiger partial charge in [-0.1, -0.05) is 5.16 Å². The van der Waals surface area contributed by atoms with Gasteiger partial charge in [-0.2, -0.15) is 4.98 Å². The van der Waals surface area contributed by atoms with Crippen LogP contribution in [0.5, 0.6) is 0 Å². The number of amides is 2. The Morgan fingerprint density at radius 1 is 1.29 bits per heavy atom. The Hall–Kier alpha value is -2.90. The van der Waals surface area contributed by atoms with E-state index >= 15 is 0 Å². The van der Waals surface area contributed by atoms with Crippen molar-refractivity contribution in [1.82, 2.24) is 20.0 Å². The summed E-state index contributed by atoms with van der Waals surface area (Å²) in [4.78, 5) is 22.9. The van der Waals surface area contributed by atoms with Gasteiger partial charge in [0.05, 0.1) is 6.04 Å². The molecule has 2 amide bonds. The monoisotopic (exact) mass is 327 g/mol. The Kier molecular flexibility index (Phi) is 3.44. The van der Waals surface area contributed by atoms with Gasteiger partial charge in [0.2, 0.25) is 5.89 Å². The number of fused-ring (bicyclic) bond motifs is 1. The van der Waals surface area contributed by atoms with E-state index in [4.69, 9.17) is 8.94 Å². The molecule has 4 rings (SSSR count). The molecule has 0 radical (unpaired) electrons. The second-order valence-corrected chi connectivity index (χ2v) is 5.87. The minimum absolute atomic E-state index is 0.154. The Bertz CT molecular complexity index is 900. The first-order valence-electron chi connectivity index (χ1n) is 7.85. The standard InChI is InChI=1S/C16H17N5O3/c1-9-17-12-6-5-11(8-14(12)23-9)19-16(22)21-7-3-4-13(21)15-18-10(2)24-20-15/h5-6,8,13H,3-4,7H2,1-2H3,(H,19,22)/t13-/m1/s1. The van der Waals surface area contributed by atoms with Crippen LogP contribution in [0.2, 0.25) is 0 Å². The fourth-order valence-corrected chi connectivity index (χ4v) is 3.04. The first-order valence-corrected chi connectivity index (χ1v) is 7.85. The molecule has 1 aliphatic heterocycles. The van der Waals surface area contributed by atoms with Gasteiger partial charge in [-0.25, -0.2) is 9.78 Å². The van der Waals surface area contributed by atoms with Crippen LogP contribution in [0.25, 0.3) is 11.1 Å². The molecule has 0 unspecified atom stereocenters. The van der Waals surface area contributed by atoms with Crippen LogP contribution in [0.1, 0.15) is 36.5 Å². The van der Waals surface area contributed by atoms with Gasteiger partial charge in [-0.05, 0) is 25.0 Å². The van der Waals surface area contributed by atoms with Crippen LogP contribution in [0, 0.1) is 13.8 Å². The number of hydrogen-bond acceptors (Lipinski definition) is 6. The van der Waals surface area contributed by atoms with Crippen LogP contribution in [0.4, 0.5) is 10.5 Å². The summed E-state index contributed by atoms with van der Waals surface area (Å²) in [6.07, 6.45) is 1.73. The van der Waals surface area contributed by atoms with Crippen molar-refractivity contribution >= 4 is 22.8 Å². The van der Waals surface area contributed by atoms with Gasteiger partial charge in [0.1, 0.15) is 5.52 Å². The third-order valence-electron chi connectivity index (χ3n) is 4.10. The fraction of sp³-hybridized carbons (Fsp3) is 0.375. The lowest BCUT2D eigenvalue weighted by Gasteiger charge is -2.22. The van der Waals surface area contributed by atoms with Crippen LogP contribution in [0.3, 0.4) is 0 Å². The van der Waals surface area contributed by atoms with Gasteiger partial charge < -0.3 is 19.2 Å². The summed E-state index contributed by atoms with van der Waals surface area (Å²) in [6, 6.07) is 5.07. The van der Waals surface area contributed by atoms with E-state index in [2.05, 4.69) is 20.4 Å². The topological polar surface area (TPSA) is 97.3 Å². The second kappa shape index (κ2) is 5.63. The third kappa shape index (κ3) is 2.60. The molecule has 0 saturated carbocycles. The summed E-state index contributed by atoms with van der Waals surface area (Å²) in [5, 5.41) is 6.85. The van der Waals surface area contributed by atoms with Crippen molar-refractivity contribution in [2.75, 3.05) is 11.9 Å². The Labute approximate surface area is 137 Å². The number of rotatable bonds is 2. The van der Waals surface area contributed by atoms with Crippen molar-refractivity contribution in [3.8, 4) is 0 Å². The van der Waals surface area contributed by atoms with Crippen LogP contribution < -0.4 is 5.32 Å². The SMILES string of the molecule is Cc1nc([C@H]2CCCN2C(=O)Nc2ccc3nc(C)oc3c2)no1. The molecule has 24 heavy (non-hydrogen) atoms. The predicted octanol–water partition coefficient (Wildman–Crippen LogP) is 3.20. The Morgan fingerprint density at radius 3 is 2.96 bits per heavy atom. The highest BCUT2D eigenvalue weighted by Gasteiger charge is 2.33. The summed E-state index contributed by atoms with van der Waals surface area (Å²) in [5.41, 5.74) is 2.09. The maximum Gasteiger partial charge on any atom is 0.322 e. The van der Waals surface area contributed by atoms with Crippen molar-refractivity contribution in [2.45, 2.75) is 32.7 Å². The number of hydrogen-bond donors (Lipinski definition) is 1. The summed E-state index contributed by atoms with van der Waals surface area (Å²) in [7, 11) is 0. The van der Waals surface area contributed by atoms with Gasteiger partial charge >= 0.3 is 6.03 Å². The molecule has 124 valence electrons. The maximum atomic E-state index is 12.6. The number of benzene rings is 1. The van der Waals surface area contributed by atoms with Gasteiger partial charge in [0.15, 0.2) is 17.3 Å². The number of nitrogens with zero attached hydrogens (tertiary/aromatic N) is 4. The Morgan fingerprint density at radius 2 is 2.17 bits per heavy atom. The van der Waals surface area contributed by atoms with E-state index in [1.165, 1.54) is 0 Å². The average molecular weight is 327 g/mol. The molecule has 8 nitrogen and oxygen atoms in total. The van der Waals surface area contributed by atoms with Crippen molar-refractivity contribution in [1.29, 1.82) is 0 Å². The molecule has 0 spiro atoms. The zero-order valence-electron chi connectivity index (χ0n) is 13.4. The molecule has 1 aromatic carbocycles. The zero-order chi connectivity index (χ0) is 16.7. The molecule has 1 atom stereocenters. The number of aromatic nitrogens is 3. The van der Waals surface area contributed by atoms with Gasteiger partial charge in [0.25, 0.3) is 0 Å². The number of aryl methyl sites for hydroxylation is 2. The molecule has 0 aliphatic carbocycles. The van der Waals surface area contributed by atoms with E-state index in [1.54, 1.807) is 24.8 Å². The zero-order valence-corrected chi connectivity index (χ0v) is 13.4. The van der Waals surface area contributed by atoms with Crippen molar-refractivity contribution in [3.63, 3.8) is 0 Å². The lowest BCUT2D eigenvalue weighted by molar-refractivity contribution is 0.204. The predicted molar refractivity (Wildman–Crippen MR) is 85.5 cm³/mol. The summed E-state index contributed by atoms with van der Waals surface area (Å²) in [6.45, 7) is 4.19. The molecular formula is C16H17N5O3. The fourth-order valence-electron chi connectivity index (χ4n) is 3.04. The highest BCUT2D eigenvalue weighted by atomic mass is 16.5. The smallest absolute Gasteiger partial charge is 0.322 e. The van der Waals surface area contributed by atoms with Gasteiger partial charge in [-0.3, -0.25) is 0 Å². The second-order valence-electron chi connectivity index (χ2n) is 5.87. The van der Waals surface area contributed by atoms with Crippen LogP contribution in [0.15, 0.2) is 27.1 Å². The number of nitrogens with one attached hydrogen (secondary N) is 1. The molecule has 3 heterocycles. The molecule has 2 aromatic heterocycles. The lowest BCUT2D eigenvalue weighted by Crippen LogP contribution is -2.34. The number of oxazole rings is 1. The normalized spacial score (nSPS) is 17.6. The van der Waals surface area contributed by atoms with Crippen LogP contribution >= 0.6 is 0 Å². The Balaban J connectivity index is 1.53. The summed E-state index contributed by atoms with van der Waals surface area (Å²) in [5.74, 6) is 1.66. The van der Waals surface area contributed by atoms with Crippen LogP contribution in [-0.4, -0.2) is 32.6 Å². The summed E-state index contributed by atoms with van der Waals surface area (Å²) < 4.78 is 10.5. The third-order valence-corrected chi connectivity index (χ3v) is 4.10. The van der Waals surface area contributed by atoms with Crippen molar-refractivity contribution in [2.24, 2.45) is 0 Å². The molecule has 1 saturated heterocycles. The van der Waals surface area contributed by atoms with E-state index in [-0.39, 0.29) is 12.1 Å². The average Bonchev–Trinajstić information content (AvgIpc) is 3.24. The largest absolute Gasteiger partial charge is 0.441 e. The maximum absolute atomic E-state index is 12.6. The van der Waals surface area contributed by atoms with Gasteiger partial charge in [-0.15, -0.1) is 0 Å². The number of carbonyl (C=O) groups is 1. The molecule has 0 bridgehead atoms. The number of likely N-dealkylation sites (tertiary alicyclic amines) is 1. The molecule has 8 heteroatoms. The molecular weight excluding hydrogens is 310 g/mol. The van der Waals surface area contributed by atoms with Crippen molar-refractivity contribution in [3.05, 3.63) is 35.8 Å². The van der Waals surface area contributed by atoms with E-state index in [1.807, 2.05) is 12.1 Å². The molecule has 1 fully saturated rings. The lowest BCUT2D eigenvalue weighted by atomic mass is 10.2. The van der Waals surface area contributed by atoms with E-state index < -0.39 is 0 Å². The van der Waals surface area contributed by atoms with E-state index in [9.17, 15) is 4.79 Å². The number of anilines is 1. The highest BCUT2D eigenvalue weighted by molar-refractivity contribution is 5.92. The van der Waals surface area contributed by atoms with Gasteiger partial charge in [0, 0.05) is 32.1 Å². The minimum Gasteiger partial charge on any atom is -0.441 e. The summed E-state index contributed by atoms with van der Waals surface area (Å²) >= 11 is 0. The molecule has 1 N–H and O–H groups in total. The minimum atomic E-state index is -0.185.